The Morgan fingerprint density at radius 3 is 2.57 bits per heavy atom. The third kappa shape index (κ3) is 5.61. The molecule has 0 spiro atoms. The molecule has 0 aliphatic carbocycles. The predicted octanol–water partition coefficient (Wildman–Crippen LogP) is -0.199. The normalized spacial score (nSPS) is 24.6. The first kappa shape index (κ1) is 16.2. The zero-order valence-corrected chi connectivity index (χ0v) is 12.3. The van der Waals surface area contributed by atoms with Crippen LogP contribution in [0.4, 0.5) is 0 Å². The Balaban J connectivity index is 1.82. The monoisotopic (exact) mass is 300 g/mol. The molecule has 2 fully saturated rings. The van der Waals surface area contributed by atoms with Gasteiger partial charge in [0, 0.05) is 45.8 Å². The van der Waals surface area contributed by atoms with Gasteiger partial charge in [0.1, 0.15) is 0 Å². The molecule has 120 valence electrons. The van der Waals surface area contributed by atoms with Crippen LogP contribution in [0.15, 0.2) is 0 Å². The Morgan fingerprint density at radius 2 is 1.86 bits per heavy atom. The lowest BCUT2D eigenvalue weighted by atomic mass is 10.2. The standard InChI is InChI=1S/C14H24N2O5/c17-13(2-3-14(18)19)16-4-1-7-21-12(11-16)10-15-5-8-20-9-6-15/h12H,1-11H2,(H,18,19). The Kier molecular flexibility index (Phi) is 6.41. The number of nitrogens with zero attached hydrogens (tertiary/aromatic N) is 2. The fourth-order valence-electron chi connectivity index (χ4n) is 2.68. The molecule has 1 atom stereocenters. The van der Waals surface area contributed by atoms with Crippen LogP contribution in [-0.4, -0.2) is 85.4 Å². The zero-order valence-electron chi connectivity index (χ0n) is 12.3. The second-order valence-electron chi connectivity index (χ2n) is 5.49. The van der Waals surface area contributed by atoms with Gasteiger partial charge in [-0.25, -0.2) is 0 Å². The topological polar surface area (TPSA) is 79.3 Å². The van der Waals surface area contributed by atoms with Crippen molar-refractivity contribution in [1.29, 1.82) is 0 Å². The van der Waals surface area contributed by atoms with Crippen molar-refractivity contribution < 1.29 is 24.2 Å². The number of ether oxygens (including phenoxy) is 2. The Hall–Kier alpha value is -1.18. The molecule has 7 heteroatoms. The van der Waals surface area contributed by atoms with Crippen molar-refractivity contribution in [3.05, 3.63) is 0 Å². The summed E-state index contributed by atoms with van der Waals surface area (Å²) >= 11 is 0. The molecule has 0 bridgehead atoms. The highest BCUT2D eigenvalue weighted by atomic mass is 16.5. The van der Waals surface area contributed by atoms with E-state index in [2.05, 4.69) is 4.90 Å². The summed E-state index contributed by atoms with van der Waals surface area (Å²) < 4.78 is 11.1. The first-order chi connectivity index (χ1) is 10.1. The van der Waals surface area contributed by atoms with Crippen molar-refractivity contribution in [2.75, 3.05) is 52.5 Å². The summed E-state index contributed by atoms with van der Waals surface area (Å²) in [4.78, 5) is 26.7. The highest BCUT2D eigenvalue weighted by Crippen LogP contribution is 2.11. The van der Waals surface area contributed by atoms with Crippen LogP contribution in [0.3, 0.4) is 0 Å². The molecule has 0 aromatic carbocycles. The van der Waals surface area contributed by atoms with Gasteiger partial charge in [0.25, 0.3) is 0 Å². The highest BCUT2D eigenvalue weighted by molar-refractivity contribution is 5.80. The minimum atomic E-state index is -0.931. The molecule has 2 heterocycles. The van der Waals surface area contributed by atoms with Gasteiger partial charge in [-0.2, -0.15) is 0 Å². The maximum Gasteiger partial charge on any atom is 0.303 e. The van der Waals surface area contributed by atoms with Crippen LogP contribution in [0.1, 0.15) is 19.3 Å². The number of aliphatic carboxylic acids is 1. The van der Waals surface area contributed by atoms with Crippen LogP contribution in [0.25, 0.3) is 0 Å². The molecule has 1 N–H and O–H groups in total. The second-order valence-corrected chi connectivity index (χ2v) is 5.49. The van der Waals surface area contributed by atoms with Crippen LogP contribution in [-0.2, 0) is 19.1 Å². The Labute approximate surface area is 124 Å². The van der Waals surface area contributed by atoms with Gasteiger partial charge in [0.15, 0.2) is 0 Å². The van der Waals surface area contributed by atoms with Crippen molar-refractivity contribution in [1.82, 2.24) is 9.80 Å². The van der Waals surface area contributed by atoms with E-state index >= 15 is 0 Å². The molecular formula is C14H24N2O5. The summed E-state index contributed by atoms with van der Waals surface area (Å²) in [5.41, 5.74) is 0. The smallest absolute Gasteiger partial charge is 0.303 e. The summed E-state index contributed by atoms with van der Waals surface area (Å²) in [7, 11) is 0. The Morgan fingerprint density at radius 1 is 1.10 bits per heavy atom. The minimum absolute atomic E-state index is 0.000576. The third-order valence-electron chi connectivity index (χ3n) is 3.82. The van der Waals surface area contributed by atoms with E-state index in [0.717, 1.165) is 39.3 Å². The van der Waals surface area contributed by atoms with Crippen molar-refractivity contribution >= 4 is 11.9 Å². The quantitative estimate of drug-likeness (QED) is 0.757. The molecular weight excluding hydrogens is 276 g/mol. The molecule has 21 heavy (non-hydrogen) atoms. The number of carboxylic acid groups (broad SMARTS) is 1. The number of hydrogen-bond acceptors (Lipinski definition) is 5. The summed E-state index contributed by atoms with van der Waals surface area (Å²) in [6.45, 7) is 5.93. The van der Waals surface area contributed by atoms with E-state index in [4.69, 9.17) is 14.6 Å². The Bertz CT molecular complexity index is 357. The molecule has 2 aliphatic heterocycles. The highest BCUT2D eigenvalue weighted by Gasteiger charge is 2.25. The lowest BCUT2D eigenvalue weighted by molar-refractivity contribution is -0.141. The average molecular weight is 300 g/mol. The number of carbonyl (C=O) groups excluding carboxylic acids is 1. The summed E-state index contributed by atoms with van der Waals surface area (Å²) in [5.74, 6) is -1.02. The molecule has 1 unspecified atom stereocenters. The van der Waals surface area contributed by atoms with Gasteiger partial charge in [0.05, 0.1) is 25.7 Å². The van der Waals surface area contributed by atoms with Crippen LogP contribution < -0.4 is 0 Å². The molecule has 7 nitrogen and oxygen atoms in total. The van der Waals surface area contributed by atoms with E-state index < -0.39 is 5.97 Å². The second kappa shape index (κ2) is 8.31. The van der Waals surface area contributed by atoms with Gasteiger partial charge in [-0.3, -0.25) is 14.5 Å². The molecule has 2 aliphatic rings. The third-order valence-corrected chi connectivity index (χ3v) is 3.82. The van der Waals surface area contributed by atoms with Crippen LogP contribution >= 0.6 is 0 Å². The van der Waals surface area contributed by atoms with Gasteiger partial charge in [0.2, 0.25) is 5.91 Å². The number of hydrogen-bond donors (Lipinski definition) is 1. The number of rotatable bonds is 5. The van der Waals surface area contributed by atoms with Gasteiger partial charge in [-0.15, -0.1) is 0 Å². The van der Waals surface area contributed by atoms with E-state index in [0.29, 0.717) is 19.7 Å². The lowest BCUT2D eigenvalue weighted by Gasteiger charge is -2.31. The first-order valence-electron chi connectivity index (χ1n) is 7.56. The number of carbonyl (C=O) groups is 2. The molecule has 2 saturated heterocycles. The van der Waals surface area contributed by atoms with Gasteiger partial charge < -0.3 is 19.5 Å². The van der Waals surface area contributed by atoms with Gasteiger partial charge in [-0.05, 0) is 6.42 Å². The van der Waals surface area contributed by atoms with E-state index in [-0.39, 0.29) is 24.9 Å². The first-order valence-corrected chi connectivity index (χ1v) is 7.56. The van der Waals surface area contributed by atoms with E-state index in [1.54, 1.807) is 4.90 Å². The van der Waals surface area contributed by atoms with E-state index in [1.807, 2.05) is 0 Å². The van der Waals surface area contributed by atoms with Crippen molar-refractivity contribution in [3.63, 3.8) is 0 Å². The average Bonchev–Trinajstić information content (AvgIpc) is 2.71. The fourth-order valence-corrected chi connectivity index (χ4v) is 2.68. The maximum atomic E-state index is 12.1. The molecule has 0 aromatic heterocycles. The largest absolute Gasteiger partial charge is 0.481 e. The summed E-state index contributed by atoms with van der Waals surface area (Å²) in [6, 6.07) is 0. The molecule has 0 radical (unpaired) electrons. The SMILES string of the molecule is O=C(O)CCC(=O)N1CCCOC(CN2CCOCC2)C1. The van der Waals surface area contributed by atoms with Gasteiger partial charge >= 0.3 is 5.97 Å². The maximum absolute atomic E-state index is 12.1. The van der Waals surface area contributed by atoms with Crippen LogP contribution in [0, 0.1) is 0 Å². The molecule has 0 aromatic rings. The molecule has 1 amide bonds. The summed E-state index contributed by atoms with van der Waals surface area (Å²) in [6.07, 6.45) is 0.766. The van der Waals surface area contributed by atoms with Crippen molar-refractivity contribution in [2.24, 2.45) is 0 Å². The number of carboxylic acids is 1. The van der Waals surface area contributed by atoms with Crippen LogP contribution in [0.5, 0.6) is 0 Å². The van der Waals surface area contributed by atoms with Gasteiger partial charge in [-0.1, -0.05) is 0 Å². The zero-order chi connectivity index (χ0) is 15.1. The van der Waals surface area contributed by atoms with Crippen molar-refractivity contribution in [2.45, 2.75) is 25.4 Å². The van der Waals surface area contributed by atoms with E-state index in [9.17, 15) is 9.59 Å². The fraction of sp³-hybridized carbons (Fsp3) is 0.857. The number of morpholine rings is 1. The minimum Gasteiger partial charge on any atom is -0.481 e. The van der Waals surface area contributed by atoms with Crippen molar-refractivity contribution in [3.8, 4) is 0 Å². The lowest BCUT2D eigenvalue weighted by Crippen LogP contribution is -2.45. The molecule has 0 saturated carbocycles. The number of amides is 1. The van der Waals surface area contributed by atoms with E-state index in [1.165, 1.54) is 0 Å². The molecule has 2 rings (SSSR count). The predicted molar refractivity (Wildman–Crippen MR) is 75.1 cm³/mol. The summed E-state index contributed by atoms with van der Waals surface area (Å²) in [5, 5.41) is 8.67. The van der Waals surface area contributed by atoms with Crippen LogP contribution in [0.2, 0.25) is 0 Å².